The lowest BCUT2D eigenvalue weighted by atomic mass is 10.2. The molecule has 0 radical (unpaired) electrons. The highest BCUT2D eigenvalue weighted by Crippen LogP contribution is 2.11. The highest BCUT2D eigenvalue weighted by Gasteiger charge is 2.26. The van der Waals surface area contributed by atoms with E-state index in [2.05, 4.69) is 5.32 Å². The van der Waals surface area contributed by atoms with Crippen LogP contribution in [0.15, 0.2) is 0 Å². The van der Waals surface area contributed by atoms with Crippen molar-refractivity contribution < 1.29 is 9.59 Å². The van der Waals surface area contributed by atoms with E-state index in [0.29, 0.717) is 0 Å². The van der Waals surface area contributed by atoms with Gasteiger partial charge >= 0.3 is 0 Å². The fourth-order valence-corrected chi connectivity index (χ4v) is 3.26. The summed E-state index contributed by atoms with van der Waals surface area (Å²) in [5.41, 5.74) is 0. The summed E-state index contributed by atoms with van der Waals surface area (Å²) in [4.78, 5) is 27.5. The number of amides is 2. The Balaban J connectivity index is 1.80. The molecule has 0 bridgehead atoms. The van der Waals surface area contributed by atoms with Gasteiger partial charge in [0, 0.05) is 38.2 Å². The summed E-state index contributed by atoms with van der Waals surface area (Å²) in [5.74, 6) is 1.97. The van der Waals surface area contributed by atoms with Gasteiger partial charge in [-0.05, 0) is 12.8 Å². The molecule has 6 heteroatoms. The first-order chi connectivity index (χ1) is 8.68. The normalized spacial score (nSPS) is 24.1. The second-order valence-corrected chi connectivity index (χ2v) is 6.01. The first-order valence-electron chi connectivity index (χ1n) is 6.52. The monoisotopic (exact) mass is 271 g/mol. The first kappa shape index (κ1) is 13.7. The van der Waals surface area contributed by atoms with E-state index < -0.39 is 0 Å². The molecular weight excluding hydrogens is 250 g/mol. The van der Waals surface area contributed by atoms with Gasteiger partial charge in [0.05, 0.1) is 12.6 Å². The van der Waals surface area contributed by atoms with Crippen molar-refractivity contribution in [3.05, 3.63) is 0 Å². The van der Waals surface area contributed by atoms with Gasteiger partial charge in [0.25, 0.3) is 0 Å². The number of hydrogen-bond acceptors (Lipinski definition) is 4. The summed E-state index contributed by atoms with van der Waals surface area (Å²) in [6.45, 7) is 2.77. The molecule has 0 spiro atoms. The van der Waals surface area contributed by atoms with E-state index in [4.69, 9.17) is 0 Å². The Morgan fingerprint density at radius 2 is 2.11 bits per heavy atom. The van der Waals surface area contributed by atoms with E-state index in [9.17, 15) is 9.59 Å². The van der Waals surface area contributed by atoms with Crippen LogP contribution in [-0.4, -0.2) is 72.4 Å². The largest absolute Gasteiger partial charge is 0.341 e. The van der Waals surface area contributed by atoms with Crippen LogP contribution in [0.1, 0.15) is 12.8 Å². The van der Waals surface area contributed by atoms with Crippen molar-refractivity contribution >= 4 is 23.6 Å². The lowest BCUT2D eigenvalue weighted by Gasteiger charge is -2.28. The van der Waals surface area contributed by atoms with Gasteiger partial charge in [-0.15, -0.1) is 0 Å². The summed E-state index contributed by atoms with van der Waals surface area (Å²) in [6.07, 6.45) is 2.18. The number of nitrogens with one attached hydrogen (secondary N) is 1. The van der Waals surface area contributed by atoms with E-state index in [1.807, 2.05) is 4.90 Å². The molecule has 102 valence electrons. The minimum Gasteiger partial charge on any atom is -0.341 e. The van der Waals surface area contributed by atoms with Gasteiger partial charge in [-0.1, -0.05) is 0 Å². The number of thioether (sulfide) groups is 1. The Labute approximate surface area is 112 Å². The first-order valence-corrected chi connectivity index (χ1v) is 7.68. The van der Waals surface area contributed by atoms with Crippen molar-refractivity contribution in [1.82, 2.24) is 15.1 Å². The molecule has 1 unspecified atom stereocenters. The highest BCUT2D eigenvalue weighted by atomic mass is 32.2. The molecular formula is C12H21N3O2S. The lowest BCUT2D eigenvalue weighted by Crippen LogP contribution is -2.51. The van der Waals surface area contributed by atoms with Gasteiger partial charge in [-0.2, -0.15) is 11.8 Å². The van der Waals surface area contributed by atoms with Crippen LogP contribution in [0.4, 0.5) is 0 Å². The number of nitrogens with zero attached hydrogens (tertiary/aromatic N) is 2. The molecule has 5 nitrogen and oxygen atoms in total. The van der Waals surface area contributed by atoms with Crippen LogP contribution >= 0.6 is 11.8 Å². The number of likely N-dealkylation sites (tertiary alicyclic amines) is 1. The zero-order valence-electron chi connectivity index (χ0n) is 10.9. The summed E-state index contributed by atoms with van der Waals surface area (Å²) >= 11 is 1.79. The van der Waals surface area contributed by atoms with Gasteiger partial charge < -0.3 is 15.1 Å². The van der Waals surface area contributed by atoms with Gasteiger partial charge in [-0.25, -0.2) is 0 Å². The molecule has 2 aliphatic heterocycles. The summed E-state index contributed by atoms with van der Waals surface area (Å²) < 4.78 is 0. The van der Waals surface area contributed by atoms with Crippen molar-refractivity contribution in [1.29, 1.82) is 0 Å². The number of carbonyl (C=O) groups excluding carboxylic acids is 2. The Kier molecular flexibility index (Phi) is 4.88. The zero-order valence-corrected chi connectivity index (χ0v) is 11.7. The highest BCUT2D eigenvalue weighted by molar-refractivity contribution is 7.99. The summed E-state index contributed by atoms with van der Waals surface area (Å²) in [5, 5.41) is 3.21. The van der Waals surface area contributed by atoms with Crippen molar-refractivity contribution in [2.24, 2.45) is 0 Å². The van der Waals surface area contributed by atoms with E-state index in [1.165, 1.54) is 0 Å². The van der Waals surface area contributed by atoms with Crippen molar-refractivity contribution in [3.8, 4) is 0 Å². The van der Waals surface area contributed by atoms with Crippen LogP contribution in [0.5, 0.6) is 0 Å². The Bertz CT molecular complexity index is 312. The molecule has 18 heavy (non-hydrogen) atoms. The fraction of sp³-hybridized carbons (Fsp3) is 0.833. The second-order valence-electron chi connectivity index (χ2n) is 4.86. The fourth-order valence-electron chi connectivity index (χ4n) is 2.34. The maximum absolute atomic E-state index is 12.1. The molecule has 2 amide bonds. The predicted molar refractivity (Wildman–Crippen MR) is 72.6 cm³/mol. The van der Waals surface area contributed by atoms with Gasteiger partial charge in [0.1, 0.15) is 0 Å². The molecule has 2 aliphatic rings. The maximum atomic E-state index is 12.1. The molecule has 0 saturated carbocycles. The zero-order chi connectivity index (χ0) is 13.0. The van der Waals surface area contributed by atoms with Crippen molar-refractivity contribution in [3.63, 3.8) is 0 Å². The van der Waals surface area contributed by atoms with E-state index in [0.717, 1.165) is 44.0 Å². The van der Waals surface area contributed by atoms with Crippen LogP contribution in [0.2, 0.25) is 0 Å². The maximum Gasteiger partial charge on any atom is 0.242 e. The third-order valence-electron chi connectivity index (χ3n) is 3.43. The van der Waals surface area contributed by atoms with Crippen LogP contribution in [-0.2, 0) is 9.59 Å². The van der Waals surface area contributed by atoms with E-state index in [1.54, 1.807) is 23.7 Å². The quantitative estimate of drug-likeness (QED) is 0.770. The van der Waals surface area contributed by atoms with Crippen LogP contribution in [0.3, 0.4) is 0 Å². The molecule has 0 aromatic heterocycles. The standard InChI is InChI=1S/C12H21N3O2S/c1-14(8-11(16)15-5-2-3-6-15)12(17)10-9-18-7-4-13-10/h10,13H,2-9H2,1H3. The molecule has 2 saturated heterocycles. The van der Waals surface area contributed by atoms with Crippen LogP contribution in [0, 0.1) is 0 Å². The summed E-state index contributed by atoms with van der Waals surface area (Å²) in [6, 6.07) is -0.125. The van der Waals surface area contributed by atoms with Gasteiger partial charge in [0.15, 0.2) is 0 Å². The SMILES string of the molecule is CN(CC(=O)N1CCCC1)C(=O)C1CSCCN1. The number of likely N-dealkylation sites (N-methyl/N-ethyl adjacent to an activating group) is 1. The van der Waals surface area contributed by atoms with E-state index in [-0.39, 0.29) is 24.4 Å². The molecule has 1 atom stereocenters. The lowest BCUT2D eigenvalue weighted by molar-refractivity contribution is -0.139. The third-order valence-corrected chi connectivity index (χ3v) is 4.49. The topological polar surface area (TPSA) is 52.7 Å². The van der Waals surface area contributed by atoms with Crippen molar-refractivity contribution in [2.45, 2.75) is 18.9 Å². The summed E-state index contributed by atoms with van der Waals surface area (Å²) in [7, 11) is 1.72. The average molecular weight is 271 g/mol. The van der Waals surface area contributed by atoms with Gasteiger partial charge in [0.2, 0.25) is 11.8 Å². The average Bonchev–Trinajstić information content (AvgIpc) is 2.92. The predicted octanol–water partition coefficient (Wildman–Crippen LogP) is -0.228. The Morgan fingerprint density at radius 1 is 1.39 bits per heavy atom. The smallest absolute Gasteiger partial charge is 0.242 e. The van der Waals surface area contributed by atoms with Crippen molar-refractivity contribution in [2.75, 3.05) is 44.7 Å². The minimum atomic E-state index is -0.125. The third kappa shape index (κ3) is 3.38. The molecule has 2 fully saturated rings. The second kappa shape index (κ2) is 6.43. The Morgan fingerprint density at radius 3 is 2.72 bits per heavy atom. The number of hydrogen-bond donors (Lipinski definition) is 1. The molecule has 0 aromatic rings. The number of carbonyl (C=O) groups is 2. The van der Waals surface area contributed by atoms with Gasteiger partial charge in [-0.3, -0.25) is 9.59 Å². The molecule has 1 N–H and O–H groups in total. The van der Waals surface area contributed by atoms with E-state index >= 15 is 0 Å². The van der Waals surface area contributed by atoms with Crippen LogP contribution < -0.4 is 5.32 Å². The molecule has 2 rings (SSSR count). The molecule has 2 heterocycles. The number of rotatable bonds is 3. The van der Waals surface area contributed by atoms with Crippen LogP contribution in [0.25, 0.3) is 0 Å². The molecule has 0 aliphatic carbocycles. The molecule has 0 aromatic carbocycles. The minimum absolute atomic E-state index is 0.0368. The Hall–Kier alpha value is -0.750.